The Hall–Kier alpha value is -3.39. The molecule has 3 rings (SSSR count). The molecule has 24 heavy (non-hydrogen) atoms. The first-order valence-electron chi connectivity index (χ1n) is 7.63. The fraction of sp³-hybridized carbons (Fsp3) is 0.105. The Morgan fingerprint density at radius 2 is 1.79 bits per heavy atom. The Bertz CT molecular complexity index is 851. The van der Waals surface area contributed by atoms with Gasteiger partial charge in [0.15, 0.2) is 0 Å². The summed E-state index contributed by atoms with van der Waals surface area (Å²) in [5.41, 5.74) is 3.68. The molecule has 118 valence electrons. The molecule has 0 spiro atoms. The Morgan fingerprint density at radius 3 is 2.50 bits per heavy atom. The van der Waals surface area contributed by atoms with E-state index in [0.29, 0.717) is 18.1 Å². The van der Waals surface area contributed by atoms with Crippen LogP contribution in [0, 0.1) is 18.3 Å². The molecule has 2 N–H and O–H groups in total. The number of aromatic nitrogens is 2. The number of nitrogens with zero attached hydrogens (tertiary/aromatic N) is 3. The van der Waals surface area contributed by atoms with E-state index in [-0.39, 0.29) is 0 Å². The smallest absolute Gasteiger partial charge is 0.224 e. The third-order valence-corrected chi connectivity index (χ3v) is 3.54. The summed E-state index contributed by atoms with van der Waals surface area (Å²) in [6.07, 6.45) is 1.79. The minimum absolute atomic E-state index is 0.559. The van der Waals surface area contributed by atoms with Crippen molar-refractivity contribution in [2.24, 2.45) is 0 Å². The van der Waals surface area contributed by atoms with Gasteiger partial charge in [-0.3, -0.25) is 0 Å². The van der Waals surface area contributed by atoms with Crippen molar-refractivity contribution in [1.29, 1.82) is 5.26 Å². The number of benzene rings is 2. The zero-order valence-corrected chi connectivity index (χ0v) is 13.3. The summed E-state index contributed by atoms with van der Waals surface area (Å²) in [6, 6.07) is 19.5. The zero-order chi connectivity index (χ0) is 16.8. The minimum atomic E-state index is 0.559. The van der Waals surface area contributed by atoms with E-state index in [1.165, 1.54) is 0 Å². The molecule has 0 amide bonds. The van der Waals surface area contributed by atoms with Crippen LogP contribution in [-0.2, 0) is 6.54 Å². The SMILES string of the molecule is Cc1cnc(NCc2ccc(C#N)cc2)nc1Nc1ccccc1. The Kier molecular flexibility index (Phi) is 4.68. The summed E-state index contributed by atoms with van der Waals surface area (Å²) in [6.45, 7) is 2.56. The van der Waals surface area contributed by atoms with Crippen LogP contribution in [0.2, 0.25) is 0 Å². The number of rotatable bonds is 5. The van der Waals surface area contributed by atoms with Gasteiger partial charge in [-0.2, -0.15) is 10.2 Å². The lowest BCUT2D eigenvalue weighted by molar-refractivity contribution is 1.04. The molecule has 0 saturated carbocycles. The second-order valence-corrected chi connectivity index (χ2v) is 5.38. The van der Waals surface area contributed by atoms with E-state index in [1.807, 2.05) is 49.4 Å². The van der Waals surface area contributed by atoms with E-state index in [9.17, 15) is 0 Å². The lowest BCUT2D eigenvalue weighted by Gasteiger charge is -2.11. The Balaban J connectivity index is 1.70. The molecule has 0 atom stereocenters. The molecule has 0 aliphatic rings. The van der Waals surface area contributed by atoms with Crippen LogP contribution >= 0.6 is 0 Å². The summed E-state index contributed by atoms with van der Waals surface area (Å²) in [7, 11) is 0. The summed E-state index contributed by atoms with van der Waals surface area (Å²) in [5.74, 6) is 1.34. The van der Waals surface area contributed by atoms with Gasteiger partial charge < -0.3 is 10.6 Å². The number of para-hydroxylation sites is 1. The van der Waals surface area contributed by atoms with E-state index >= 15 is 0 Å². The topological polar surface area (TPSA) is 73.6 Å². The summed E-state index contributed by atoms with van der Waals surface area (Å²) >= 11 is 0. The van der Waals surface area contributed by atoms with Crippen molar-refractivity contribution in [3.63, 3.8) is 0 Å². The number of anilines is 3. The minimum Gasteiger partial charge on any atom is -0.350 e. The quantitative estimate of drug-likeness (QED) is 0.744. The average Bonchev–Trinajstić information content (AvgIpc) is 2.63. The fourth-order valence-corrected chi connectivity index (χ4v) is 2.19. The zero-order valence-electron chi connectivity index (χ0n) is 13.3. The summed E-state index contributed by atoms with van der Waals surface area (Å²) < 4.78 is 0. The molecule has 2 aromatic carbocycles. The largest absolute Gasteiger partial charge is 0.350 e. The molecule has 5 heteroatoms. The van der Waals surface area contributed by atoms with Crippen molar-refractivity contribution in [2.45, 2.75) is 13.5 Å². The van der Waals surface area contributed by atoms with Crippen LogP contribution in [0.15, 0.2) is 60.8 Å². The molecular formula is C19H17N5. The molecule has 0 radical (unpaired) electrons. The van der Waals surface area contributed by atoms with Crippen molar-refractivity contribution >= 4 is 17.5 Å². The maximum absolute atomic E-state index is 8.82. The molecule has 0 aliphatic carbocycles. The van der Waals surface area contributed by atoms with Crippen LogP contribution in [0.4, 0.5) is 17.5 Å². The highest BCUT2D eigenvalue weighted by Crippen LogP contribution is 2.19. The predicted octanol–water partition coefficient (Wildman–Crippen LogP) is 4.01. The molecule has 1 aromatic heterocycles. The first kappa shape index (κ1) is 15.5. The van der Waals surface area contributed by atoms with Gasteiger partial charge in [0.1, 0.15) is 5.82 Å². The number of hydrogen-bond acceptors (Lipinski definition) is 5. The van der Waals surface area contributed by atoms with E-state index in [2.05, 4.69) is 26.7 Å². The molecule has 0 bridgehead atoms. The van der Waals surface area contributed by atoms with Crippen LogP contribution in [0.5, 0.6) is 0 Å². The first-order chi connectivity index (χ1) is 11.7. The number of nitriles is 1. The molecule has 0 fully saturated rings. The number of aryl methyl sites for hydroxylation is 1. The van der Waals surface area contributed by atoms with Crippen molar-refractivity contribution in [3.05, 3.63) is 77.5 Å². The monoisotopic (exact) mass is 315 g/mol. The van der Waals surface area contributed by atoms with Crippen LogP contribution in [0.1, 0.15) is 16.7 Å². The third kappa shape index (κ3) is 3.87. The van der Waals surface area contributed by atoms with Gasteiger partial charge in [-0.05, 0) is 36.8 Å². The van der Waals surface area contributed by atoms with Crippen LogP contribution in [0.3, 0.4) is 0 Å². The van der Waals surface area contributed by atoms with Gasteiger partial charge in [0, 0.05) is 24.0 Å². The van der Waals surface area contributed by atoms with Gasteiger partial charge in [0.05, 0.1) is 11.6 Å². The normalized spacial score (nSPS) is 10.0. The van der Waals surface area contributed by atoms with Crippen molar-refractivity contribution in [2.75, 3.05) is 10.6 Å². The molecule has 0 saturated heterocycles. The highest BCUT2D eigenvalue weighted by molar-refractivity contribution is 5.59. The van der Waals surface area contributed by atoms with E-state index in [0.717, 1.165) is 22.6 Å². The molecule has 0 aliphatic heterocycles. The maximum atomic E-state index is 8.82. The van der Waals surface area contributed by atoms with Crippen LogP contribution < -0.4 is 10.6 Å². The van der Waals surface area contributed by atoms with Gasteiger partial charge in [-0.15, -0.1) is 0 Å². The first-order valence-corrected chi connectivity index (χ1v) is 7.63. The molecule has 0 unspecified atom stereocenters. The fourth-order valence-electron chi connectivity index (χ4n) is 2.19. The molecular weight excluding hydrogens is 298 g/mol. The van der Waals surface area contributed by atoms with Crippen LogP contribution in [-0.4, -0.2) is 9.97 Å². The lowest BCUT2D eigenvalue weighted by Crippen LogP contribution is -2.06. The van der Waals surface area contributed by atoms with E-state index in [4.69, 9.17) is 5.26 Å². The van der Waals surface area contributed by atoms with Gasteiger partial charge >= 0.3 is 0 Å². The van der Waals surface area contributed by atoms with E-state index < -0.39 is 0 Å². The standard InChI is InChI=1S/C19H17N5/c1-14-12-21-19(22-13-16-9-7-15(11-20)8-10-16)24-18(14)23-17-5-3-2-4-6-17/h2-10,12H,13H2,1H3,(H2,21,22,23,24). The molecule has 1 heterocycles. The third-order valence-electron chi connectivity index (χ3n) is 3.54. The Morgan fingerprint density at radius 1 is 1.04 bits per heavy atom. The molecule has 3 aromatic rings. The van der Waals surface area contributed by atoms with Gasteiger partial charge in [0.25, 0.3) is 0 Å². The number of nitrogens with one attached hydrogen (secondary N) is 2. The lowest BCUT2D eigenvalue weighted by atomic mass is 10.1. The average molecular weight is 315 g/mol. The van der Waals surface area contributed by atoms with Crippen molar-refractivity contribution in [1.82, 2.24) is 9.97 Å². The van der Waals surface area contributed by atoms with Gasteiger partial charge in [0.2, 0.25) is 5.95 Å². The van der Waals surface area contributed by atoms with Crippen LogP contribution in [0.25, 0.3) is 0 Å². The highest BCUT2D eigenvalue weighted by Gasteiger charge is 2.04. The van der Waals surface area contributed by atoms with E-state index in [1.54, 1.807) is 18.3 Å². The second kappa shape index (κ2) is 7.25. The highest BCUT2D eigenvalue weighted by atomic mass is 15.1. The van der Waals surface area contributed by atoms with Crippen molar-refractivity contribution in [3.8, 4) is 6.07 Å². The second-order valence-electron chi connectivity index (χ2n) is 5.38. The van der Waals surface area contributed by atoms with Gasteiger partial charge in [-0.1, -0.05) is 30.3 Å². The van der Waals surface area contributed by atoms with Crippen molar-refractivity contribution < 1.29 is 0 Å². The summed E-state index contributed by atoms with van der Waals surface area (Å²) in [4.78, 5) is 8.85. The predicted molar refractivity (Wildman–Crippen MR) is 95.0 cm³/mol. The Labute approximate surface area is 141 Å². The summed E-state index contributed by atoms with van der Waals surface area (Å²) in [5, 5.41) is 15.3. The number of hydrogen-bond donors (Lipinski definition) is 2. The molecule has 5 nitrogen and oxygen atoms in total. The van der Waals surface area contributed by atoms with Gasteiger partial charge in [-0.25, -0.2) is 4.98 Å². The maximum Gasteiger partial charge on any atom is 0.224 e.